The van der Waals surface area contributed by atoms with E-state index in [9.17, 15) is 4.79 Å². The van der Waals surface area contributed by atoms with Gasteiger partial charge in [0.15, 0.2) is 0 Å². The zero-order chi connectivity index (χ0) is 13.2. The maximum Gasteiger partial charge on any atom is 0.222 e. The molecule has 0 saturated heterocycles. The Bertz CT molecular complexity index is 434. The van der Waals surface area contributed by atoms with Gasteiger partial charge in [-0.05, 0) is 37.8 Å². The van der Waals surface area contributed by atoms with Crippen molar-refractivity contribution < 1.29 is 4.79 Å². The van der Waals surface area contributed by atoms with E-state index in [-0.39, 0.29) is 11.4 Å². The highest BCUT2D eigenvalue weighted by Gasteiger charge is 2.21. The molecule has 98 valence electrons. The molecule has 0 unspecified atom stereocenters. The molecule has 0 radical (unpaired) electrons. The van der Waals surface area contributed by atoms with E-state index < -0.39 is 0 Å². The van der Waals surface area contributed by atoms with Crippen LogP contribution in [0.5, 0.6) is 0 Å². The molecule has 2 N–H and O–H groups in total. The first-order valence-electron chi connectivity index (χ1n) is 6.59. The second-order valence-electron chi connectivity index (χ2n) is 5.82. The highest BCUT2D eigenvalue weighted by Crippen LogP contribution is 2.20. The average Bonchev–Trinajstić information content (AvgIpc) is 2.34. The normalized spacial score (nSPS) is 15.4. The van der Waals surface area contributed by atoms with E-state index in [4.69, 9.17) is 5.73 Å². The Morgan fingerprint density at radius 3 is 2.67 bits per heavy atom. The topological polar surface area (TPSA) is 46.3 Å². The molecule has 2 rings (SSSR count). The van der Waals surface area contributed by atoms with Crippen molar-refractivity contribution in [1.82, 2.24) is 4.90 Å². The van der Waals surface area contributed by atoms with Gasteiger partial charge in [-0.1, -0.05) is 24.3 Å². The molecular formula is C15H22N2O. The lowest BCUT2D eigenvalue weighted by atomic mass is 9.97. The fourth-order valence-corrected chi connectivity index (χ4v) is 2.30. The van der Waals surface area contributed by atoms with Gasteiger partial charge in [0, 0.05) is 25.0 Å². The van der Waals surface area contributed by atoms with Crippen LogP contribution in [0.1, 0.15) is 37.8 Å². The van der Waals surface area contributed by atoms with Gasteiger partial charge in [0.1, 0.15) is 0 Å². The Kier molecular flexibility index (Phi) is 3.71. The predicted molar refractivity (Wildman–Crippen MR) is 73.1 cm³/mol. The van der Waals surface area contributed by atoms with Crippen LogP contribution >= 0.6 is 0 Å². The Labute approximate surface area is 109 Å². The minimum absolute atomic E-state index is 0.225. The van der Waals surface area contributed by atoms with Crippen molar-refractivity contribution in [2.75, 3.05) is 6.54 Å². The summed E-state index contributed by atoms with van der Waals surface area (Å²) in [6.07, 6.45) is 2.25. The van der Waals surface area contributed by atoms with Crippen LogP contribution in [-0.4, -0.2) is 22.9 Å². The first kappa shape index (κ1) is 13.1. The second-order valence-corrected chi connectivity index (χ2v) is 5.82. The highest BCUT2D eigenvalue weighted by atomic mass is 16.2. The van der Waals surface area contributed by atoms with Crippen LogP contribution in [0.4, 0.5) is 0 Å². The van der Waals surface area contributed by atoms with E-state index in [0.717, 1.165) is 25.9 Å². The lowest BCUT2D eigenvalue weighted by Gasteiger charge is -2.30. The number of hydrogen-bond donors (Lipinski definition) is 1. The maximum atomic E-state index is 12.1. The molecule has 0 aliphatic carbocycles. The van der Waals surface area contributed by atoms with E-state index in [1.54, 1.807) is 0 Å². The summed E-state index contributed by atoms with van der Waals surface area (Å²) < 4.78 is 0. The van der Waals surface area contributed by atoms with Crippen LogP contribution in [0, 0.1) is 0 Å². The molecule has 1 aliphatic heterocycles. The molecule has 0 spiro atoms. The monoisotopic (exact) mass is 246 g/mol. The number of carbonyl (C=O) groups is 1. The van der Waals surface area contributed by atoms with Gasteiger partial charge in [-0.2, -0.15) is 0 Å². The summed E-state index contributed by atoms with van der Waals surface area (Å²) in [5.74, 6) is 0.225. The largest absolute Gasteiger partial charge is 0.338 e. The van der Waals surface area contributed by atoms with Crippen molar-refractivity contribution in [2.24, 2.45) is 5.73 Å². The summed E-state index contributed by atoms with van der Waals surface area (Å²) in [6.45, 7) is 5.51. The third kappa shape index (κ3) is 3.33. The van der Waals surface area contributed by atoms with Gasteiger partial charge in [0.05, 0.1) is 0 Å². The van der Waals surface area contributed by atoms with Gasteiger partial charge in [-0.15, -0.1) is 0 Å². The van der Waals surface area contributed by atoms with E-state index in [0.29, 0.717) is 6.42 Å². The number of carbonyl (C=O) groups excluding carboxylic acids is 1. The Balaban J connectivity index is 1.95. The minimum atomic E-state index is -0.261. The Morgan fingerprint density at radius 1 is 1.33 bits per heavy atom. The Hall–Kier alpha value is -1.35. The van der Waals surface area contributed by atoms with E-state index >= 15 is 0 Å². The molecule has 0 bridgehead atoms. The number of nitrogens with zero attached hydrogens (tertiary/aromatic N) is 1. The number of hydrogen-bond acceptors (Lipinski definition) is 2. The van der Waals surface area contributed by atoms with Crippen molar-refractivity contribution in [3.8, 4) is 0 Å². The van der Waals surface area contributed by atoms with Gasteiger partial charge < -0.3 is 10.6 Å². The summed E-state index contributed by atoms with van der Waals surface area (Å²) in [5, 5.41) is 0. The first-order valence-corrected chi connectivity index (χ1v) is 6.59. The quantitative estimate of drug-likeness (QED) is 0.887. The number of rotatable bonds is 3. The maximum absolute atomic E-state index is 12.1. The Morgan fingerprint density at radius 2 is 2.00 bits per heavy atom. The molecule has 18 heavy (non-hydrogen) atoms. The lowest BCUT2D eigenvalue weighted by Crippen LogP contribution is -2.38. The van der Waals surface area contributed by atoms with Crippen LogP contribution < -0.4 is 5.73 Å². The second kappa shape index (κ2) is 5.11. The summed E-state index contributed by atoms with van der Waals surface area (Å²) in [4.78, 5) is 14.1. The summed E-state index contributed by atoms with van der Waals surface area (Å²) >= 11 is 0. The van der Waals surface area contributed by atoms with E-state index in [1.165, 1.54) is 11.1 Å². The van der Waals surface area contributed by atoms with Crippen LogP contribution in [0.2, 0.25) is 0 Å². The number of amides is 1. The van der Waals surface area contributed by atoms with Crippen LogP contribution in [0.25, 0.3) is 0 Å². The summed E-state index contributed by atoms with van der Waals surface area (Å²) in [7, 11) is 0. The molecule has 1 aromatic rings. The van der Waals surface area contributed by atoms with Crippen LogP contribution in [0.15, 0.2) is 24.3 Å². The van der Waals surface area contributed by atoms with Crippen LogP contribution in [0.3, 0.4) is 0 Å². The minimum Gasteiger partial charge on any atom is -0.338 e. The molecule has 1 aliphatic rings. The van der Waals surface area contributed by atoms with Gasteiger partial charge in [-0.3, -0.25) is 4.79 Å². The highest BCUT2D eigenvalue weighted by molar-refractivity contribution is 5.76. The smallest absolute Gasteiger partial charge is 0.222 e. The molecule has 0 atom stereocenters. The standard InChI is InChI=1S/C15H22N2O/c1-15(2,16)9-7-14(18)17-10-8-12-5-3-4-6-13(12)11-17/h3-6H,7-11,16H2,1-2H3. The third-order valence-electron chi connectivity index (χ3n) is 3.47. The number of fused-ring (bicyclic) bond motifs is 1. The zero-order valence-electron chi connectivity index (χ0n) is 11.3. The fraction of sp³-hybridized carbons (Fsp3) is 0.533. The van der Waals surface area contributed by atoms with Crippen molar-refractivity contribution in [1.29, 1.82) is 0 Å². The van der Waals surface area contributed by atoms with E-state index in [1.807, 2.05) is 24.8 Å². The lowest BCUT2D eigenvalue weighted by molar-refractivity contribution is -0.132. The fourth-order valence-electron chi connectivity index (χ4n) is 2.30. The average molecular weight is 246 g/mol. The SMILES string of the molecule is CC(C)(N)CCC(=O)N1CCc2ccccc2C1. The van der Waals surface area contributed by atoms with Gasteiger partial charge in [0.2, 0.25) is 5.91 Å². The van der Waals surface area contributed by atoms with Gasteiger partial charge >= 0.3 is 0 Å². The molecule has 1 amide bonds. The van der Waals surface area contributed by atoms with Crippen molar-refractivity contribution in [2.45, 2.75) is 45.2 Å². The predicted octanol–water partition coefficient (Wildman–Crippen LogP) is 2.09. The third-order valence-corrected chi connectivity index (χ3v) is 3.47. The summed E-state index contributed by atoms with van der Waals surface area (Å²) in [5.41, 5.74) is 8.32. The van der Waals surface area contributed by atoms with Gasteiger partial charge in [-0.25, -0.2) is 0 Å². The van der Waals surface area contributed by atoms with Crippen molar-refractivity contribution >= 4 is 5.91 Å². The van der Waals surface area contributed by atoms with Gasteiger partial charge in [0.25, 0.3) is 0 Å². The van der Waals surface area contributed by atoms with Crippen molar-refractivity contribution in [3.05, 3.63) is 35.4 Å². The molecule has 1 heterocycles. The van der Waals surface area contributed by atoms with Crippen LogP contribution in [-0.2, 0) is 17.8 Å². The molecule has 0 fully saturated rings. The molecule has 3 nitrogen and oxygen atoms in total. The van der Waals surface area contributed by atoms with E-state index in [2.05, 4.69) is 18.2 Å². The number of nitrogens with two attached hydrogens (primary N) is 1. The molecule has 3 heteroatoms. The number of benzene rings is 1. The summed E-state index contributed by atoms with van der Waals surface area (Å²) in [6, 6.07) is 8.37. The van der Waals surface area contributed by atoms with Crippen molar-refractivity contribution in [3.63, 3.8) is 0 Å². The molecule has 0 saturated carbocycles. The molecule has 1 aromatic carbocycles. The zero-order valence-corrected chi connectivity index (χ0v) is 11.3. The molecule has 0 aromatic heterocycles. The first-order chi connectivity index (χ1) is 8.46. The molecular weight excluding hydrogens is 224 g/mol.